The second kappa shape index (κ2) is 3.15. The molecular weight excluding hydrogens is 168 g/mol. The van der Waals surface area contributed by atoms with Crippen molar-refractivity contribution in [3.8, 4) is 0 Å². The van der Waals surface area contributed by atoms with Crippen LogP contribution in [0, 0.1) is 6.92 Å². The minimum atomic E-state index is 0.719. The van der Waals surface area contributed by atoms with Gasteiger partial charge in [0.25, 0.3) is 0 Å². The van der Waals surface area contributed by atoms with Gasteiger partial charge in [-0.15, -0.1) is 11.3 Å². The third kappa shape index (κ3) is 1.52. The Kier molecular flexibility index (Phi) is 2.15. The molecule has 1 aliphatic rings. The van der Waals surface area contributed by atoms with Gasteiger partial charge in [0.2, 0.25) is 0 Å². The molecule has 1 aromatic heterocycles. The summed E-state index contributed by atoms with van der Waals surface area (Å²) in [6.45, 7) is 2.89. The van der Waals surface area contributed by atoms with E-state index in [1.165, 1.54) is 28.4 Å². The van der Waals surface area contributed by atoms with E-state index in [0.717, 1.165) is 18.9 Å². The van der Waals surface area contributed by atoms with Gasteiger partial charge < -0.3 is 5.73 Å². The highest BCUT2D eigenvalue weighted by Gasteiger charge is 2.27. The van der Waals surface area contributed by atoms with Crippen LogP contribution in [0.1, 0.15) is 34.3 Å². The summed E-state index contributed by atoms with van der Waals surface area (Å²) in [6, 6.07) is 0. The lowest BCUT2D eigenvalue weighted by Gasteiger charge is -1.90. The van der Waals surface area contributed by atoms with Gasteiger partial charge in [0, 0.05) is 17.2 Å². The number of hydrogen-bond acceptors (Lipinski definition) is 3. The van der Waals surface area contributed by atoms with Crippen LogP contribution in [-0.4, -0.2) is 11.5 Å². The Morgan fingerprint density at radius 2 is 2.33 bits per heavy atom. The number of thiazole rings is 1. The van der Waals surface area contributed by atoms with Gasteiger partial charge in [0.05, 0.1) is 10.7 Å². The molecule has 12 heavy (non-hydrogen) atoms. The second-order valence-electron chi connectivity index (χ2n) is 3.36. The molecule has 0 spiro atoms. The van der Waals surface area contributed by atoms with E-state index in [4.69, 9.17) is 5.73 Å². The number of nitrogens with zero attached hydrogens (tertiary/aromatic N) is 1. The molecule has 0 amide bonds. The molecule has 1 heterocycles. The highest BCUT2D eigenvalue weighted by molar-refractivity contribution is 7.11. The van der Waals surface area contributed by atoms with Crippen molar-refractivity contribution in [2.24, 2.45) is 5.73 Å². The van der Waals surface area contributed by atoms with Crippen molar-refractivity contribution in [1.29, 1.82) is 0 Å². The largest absolute Gasteiger partial charge is 0.330 e. The van der Waals surface area contributed by atoms with Gasteiger partial charge in [0.15, 0.2) is 0 Å². The third-order valence-electron chi connectivity index (χ3n) is 2.20. The van der Waals surface area contributed by atoms with Gasteiger partial charge in [0.1, 0.15) is 0 Å². The molecule has 0 atom stereocenters. The van der Waals surface area contributed by atoms with E-state index in [1.807, 2.05) is 11.3 Å². The predicted octanol–water partition coefficient (Wildman–Crippen LogP) is 1.83. The van der Waals surface area contributed by atoms with Gasteiger partial charge in [-0.2, -0.15) is 0 Å². The SMILES string of the molecule is Cc1sc(CCN)nc1C1CC1. The van der Waals surface area contributed by atoms with E-state index < -0.39 is 0 Å². The minimum absolute atomic E-state index is 0.719. The van der Waals surface area contributed by atoms with Crippen LogP contribution in [-0.2, 0) is 6.42 Å². The van der Waals surface area contributed by atoms with Crippen LogP contribution in [0.5, 0.6) is 0 Å². The number of rotatable bonds is 3. The summed E-state index contributed by atoms with van der Waals surface area (Å²) in [5.41, 5.74) is 6.83. The third-order valence-corrected chi connectivity index (χ3v) is 3.25. The van der Waals surface area contributed by atoms with Crippen molar-refractivity contribution >= 4 is 11.3 Å². The van der Waals surface area contributed by atoms with Gasteiger partial charge in [-0.3, -0.25) is 0 Å². The van der Waals surface area contributed by atoms with Gasteiger partial charge in [-0.05, 0) is 26.3 Å². The highest BCUT2D eigenvalue weighted by atomic mass is 32.1. The first-order valence-electron chi connectivity index (χ1n) is 4.47. The van der Waals surface area contributed by atoms with Crippen LogP contribution in [0.4, 0.5) is 0 Å². The van der Waals surface area contributed by atoms with E-state index in [2.05, 4.69) is 11.9 Å². The van der Waals surface area contributed by atoms with E-state index in [1.54, 1.807) is 0 Å². The first kappa shape index (κ1) is 8.20. The number of nitrogens with two attached hydrogens (primary N) is 1. The molecule has 2 N–H and O–H groups in total. The summed E-state index contributed by atoms with van der Waals surface area (Å²) in [5, 5.41) is 1.22. The van der Waals surface area contributed by atoms with Gasteiger partial charge in [-0.25, -0.2) is 4.98 Å². The van der Waals surface area contributed by atoms with Crippen LogP contribution in [0.25, 0.3) is 0 Å². The van der Waals surface area contributed by atoms with E-state index in [9.17, 15) is 0 Å². The molecule has 66 valence electrons. The molecule has 1 saturated carbocycles. The topological polar surface area (TPSA) is 38.9 Å². The molecule has 0 aliphatic heterocycles. The van der Waals surface area contributed by atoms with Crippen LogP contribution in [0.2, 0.25) is 0 Å². The molecule has 2 nitrogen and oxygen atoms in total. The Balaban J connectivity index is 2.18. The molecule has 1 fully saturated rings. The molecule has 1 aliphatic carbocycles. The zero-order chi connectivity index (χ0) is 8.55. The average Bonchev–Trinajstić information content (AvgIpc) is 2.79. The molecule has 2 rings (SSSR count). The lowest BCUT2D eigenvalue weighted by atomic mass is 10.3. The molecule has 0 unspecified atom stereocenters. The number of aromatic nitrogens is 1. The minimum Gasteiger partial charge on any atom is -0.330 e. The van der Waals surface area contributed by atoms with Crippen LogP contribution < -0.4 is 5.73 Å². The Morgan fingerprint density at radius 3 is 2.92 bits per heavy atom. The quantitative estimate of drug-likeness (QED) is 0.774. The van der Waals surface area contributed by atoms with Gasteiger partial charge >= 0.3 is 0 Å². The van der Waals surface area contributed by atoms with Crippen LogP contribution in [0.3, 0.4) is 0 Å². The summed E-state index contributed by atoms with van der Waals surface area (Å²) in [5.74, 6) is 0.785. The van der Waals surface area contributed by atoms with E-state index in [0.29, 0.717) is 0 Å². The zero-order valence-corrected chi connectivity index (χ0v) is 8.16. The average molecular weight is 182 g/mol. The molecule has 0 saturated heterocycles. The van der Waals surface area contributed by atoms with Crippen molar-refractivity contribution in [3.05, 3.63) is 15.6 Å². The van der Waals surface area contributed by atoms with Crippen molar-refractivity contribution in [1.82, 2.24) is 4.98 Å². The van der Waals surface area contributed by atoms with E-state index >= 15 is 0 Å². The van der Waals surface area contributed by atoms with Crippen molar-refractivity contribution in [2.45, 2.75) is 32.1 Å². The monoisotopic (exact) mass is 182 g/mol. The molecule has 0 aromatic carbocycles. The Labute approximate surface area is 76.8 Å². The molecular formula is C9H14N2S. The lowest BCUT2D eigenvalue weighted by molar-refractivity contribution is 0.923. The van der Waals surface area contributed by atoms with Crippen molar-refractivity contribution in [2.75, 3.05) is 6.54 Å². The lowest BCUT2D eigenvalue weighted by Crippen LogP contribution is -2.02. The summed E-state index contributed by atoms with van der Waals surface area (Å²) in [7, 11) is 0. The fourth-order valence-corrected chi connectivity index (χ4v) is 2.47. The Hall–Kier alpha value is -0.410. The maximum atomic E-state index is 5.48. The van der Waals surface area contributed by atoms with Crippen molar-refractivity contribution in [3.63, 3.8) is 0 Å². The maximum absolute atomic E-state index is 5.48. The van der Waals surface area contributed by atoms with Crippen molar-refractivity contribution < 1.29 is 0 Å². The first-order valence-corrected chi connectivity index (χ1v) is 5.29. The number of hydrogen-bond donors (Lipinski definition) is 1. The number of aryl methyl sites for hydroxylation is 1. The highest BCUT2D eigenvalue weighted by Crippen LogP contribution is 2.42. The summed E-state index contributed by atoms with van der Waals surface area (Å²) in [6.07, 6.45) is 3.62. The normalized spacial score (nSPS) is 16.8. The summed E-state index contributed by atoms with van der Waals surface area (Å²) in [4.78, 5) is 6.00. The smallest absolute Gasteiger partial charge is 0.0943 e. The fourth-order valence-electron chi connectivity index (χ4n) is 1.43. The fraction of sp³-hybridized carbons (Fsp3) is 0.667. The molecule has 0 radical (unpaired) electrons. The molecule has 0 bridgehead atoms. The van der Waals surface area contributed by atoms with Crippen LogP contribution >= 0.6 is 11.3 Å². The summed E-state index contributed by atoms with van der Waals surface area (Å²) < 4.78 is 0. The predicted molar refractivity (Wildman–Crippen MR) is 51.6 cm³/mol. The molecule has 1 aromatic rings. The first-order chi connectivity index (χ1) is 5.81. The van der Waals surface area contributed by atoms with E-state index in [-0.39, 0.29) is 0 Å². The second-order valence-corrected chi connectivity index (χ2v) is 4.65. The zero-order valence-electron chi connectivity index (χ0n) is 7.34. The standard InChI is InChI=1S/C9H14N2S/c1-6-9(7-2-3-7)11-8(12-6)4-5-10/h7H,2-5,10H2,1H3. The molecule has 3 heteroatoms. The summed E-state index contributed by atoms with van der Waals surface area (Å²) >= 11 is 1.82. The van der Waals surface area contributed by atoms with Gasteiger partial charge in [-0.1, -0.05) is 0 Å². The Bertz CT molecular complexity index is 276. The Morgan fingerprint density at radius 1 is 1.58 bits per heavy atom. The van der Waals surface area contributed by atoms with Crippen LogP contribution in [0.15, 0.2) is 0 Å². The maximum Gasteiger partial charge on any atom is 0.0943 e.